The third-order valence-electron chi connectivity index (χ3n) is 1.74. The molecule has 70 valence electrons. The SMILES string of the molecule is COC(=O)c1c(Cl)ccc(Cl)c1C. The Morgan fingerprint density at radius 3 is 2.38 bits per heavy atom. The van der Waals surface area contributed by atoms with E-state index in [2.05, 4.69) is 4.74 Å². The first kappa shape index (κ1) is 10.4. The van der Waals surface area contributed by atoms with Crippen LogP contribution in [0, 0.1) is 6.92 Å². The Balaban J connectivity index is 3.33. The van der Waals surface area contributed by atoms with E-state index in [1.54, 1.807) is 19.1 Å². The first-order valence-electron chi connectivity index (χ1n) is 3.61. The summed E-state index contributed by atoms with van der Waals surface area (Å²) in [6, 6.07) is 3.22. The van der Waals surface area contributed by atoms with Crippen molar-refractivity contribution < 1.29 is 9.53 Å². The summed E-state index contributed by atoms with van der Waals surface area (Å²) in [5.41, 5.74) is 0.970. The van der Waals surface area contributed by atoms with Crippen molar-refractivity contribution in [3.63, 3.8) is 0 Å². The largest absolute Gasteiger partial charge is 0.465 e. The lowest BCUT2D eigenvalue weighted by molar-refractivity contribution is 0.0600. The quantitative estimate of drug-likeness (QED) is 0.678. The molecule has 0 bridgehead atoms. The van der Waals surface area contributed by atoms with E-state index in [0.29, 0.717) is 21.2 Å². The monoisotopic (exact) mass is 218 g/mol. The Labute approximate surface area is 86.4 Å². The van der Waals surface area contributed by atoms with E-state index in [9.17, 15) is 4.79 Å². The number of methoxy groups -OCH3 is 1. The first-order chi connectivity index (χ1) is 6.07. The van der Waals surface area contributed by atoms with Crippen molar-refractivity contribution in [2.45, 2.75) is 6.92 Å². The van der Waals surface area contributed by atoms with Crippen LogP contribution in [0.3, 0.4) is 0 Å². The van der Waals surface area contributed by atoms with E-state index in [-0.39, 0.29) is 0 Å². The van der Waals surface area contributed by atoms with Crippen LogP contribution in [0.15, 0.2) is 12.1 Å². The molecule has 1 aromatic rings. The molecule has 0 N–H and O–H groups in total. The highest BCUT2D eigenvalue weighted by molar-refractivity contribution is 6.36. The molecule has 0 fully saturated rings. The van der Waals surface area contributed by atoms with E-state index >= 15 is 0 Å². The minimum Gasteiger partial charge on any atom is -0.465 e. The molecule has 2 nitrogen and oxygen atoms in total. The van der Waals surface area contributed by atoms with E-state index in [1.165, 1.54) is 7.11 Å². The van der Waals surface area contributed by atoms with E-state index in [1.807, 2.05) is 0 Å². The molecule has 1 rings (SSSR count). The molecule has 0 aromatic heterocycles. The van der Waals surface area contributed by atoms with Crippen LogP contribution in [-0.4, -0.2) is 13.1 Å². The fourth-order valence-corrected chi connectivity index (χ4v) is 1.45. The van der Waals surface area contributed by atoms with Gasteiger partial charge in [-0.25, -0.2) is 4.79 Å². The Bertz CT molecular complexity index is 348. The van der Waals surface area contributed by atoms with Gasteiger partial charge in [-0.3, -0.25) is 0 Å². The number of rotatable bonds is 1. The molecule has 4 heteroatoms. The molecular weight excluding hydrogens is 211 g/mol. The lowest BCUT2D eigenvalue weighted by Crippen LogP contribution is -2.04. The standard InChI is InChI=1S/C9H8Cl2O2/c1-5-6(10)3-4-7(11)8(5)9(12)13-2/h3-4H,1-2H3. The molecule has 13 heavy (non-hydrogen) atoms. The lowest BCUT2D eigenvalue weighted by atomic mass is 10.1. The van der Waals surface area contributed by atoms with Crippen LogP contribution in [0.2, 0.25) is 10.0 Å². The molecular formula is C9H8Cl2O2. The van der Waals surface area contributed by atoms with Gasteiger partial charge >= 0.3 is 5.97 Å². The minimum absolute atomic E-state index is 0.330. The predicted molar refractivity (Wildman–Crippen MR) is 52.5 cm³/mol. The van der Waals surface area contributed by atoms with Crippen LogP contribution in [-0.2, 0) is 4.74 Å². The normalized spacial score (nSPS) is 9.85. The molecule has 0 aliphatic heterocycles. The summed E-state index contributed by atoms with van der Waals surface area (Å²) in [5.74, 6) is -0.468. The molecule has 0 amide bonds. The van der Waals surface area contributed by atoms with Crippen LogP contribution in [0.5, 0.6) is 0 Å². The summed E-state index contributed by atoms with van der Waals surface area (Å²) in [4.78, 5) is 11.2. The highest BCUT2D eigenvalue weighted by Crippen LogP contribution is 2.26. The molecule has 0 heterocycles. The summed E-state index contributed by atoms with van der Waals surface area (Å²) in [6.07, 6.45) is 0. The van der Waals surface area contributed by atoms with E-state index in [0.717, 1.165) is 0 Å². The van der Waals surface area contributed by atoms with Gasteiger partial charge in [0.15, 0.2) is 0 Å². The Morgan fingerprint density at radius 1 is 1.31 bits per heavy atom. The van der Waals surface area contributed by atoms with Crippen LogP contribution in [0.1, 0.15) is 15.9 Å². The average Bonchev–Trinajstić information content (AvgIpc) is 2.12. The Morgan fingerprint density at radius 2 is 1.85 bits per heavy atom. The van der Waals surface area contributed by atoms with Gasteiger partial charge in [0.1, 0.15) is 0 Å². The van der Waals surface area contributed by atoms with Crippen molar-refractivity contribution in [2.75, 3.05) is 7.11 Å². The molecule has 0 atom stereocenters. The van der Waals surface area contributed by atoms with Crippen LogP contribution >= 0.6 is 23.2 Å². The van der Waals surface area contributed by atoms with Crippen molar-refractivity contribution >= 4 is 29.2 Å². The smallest absolute Gasteiger partial charge is 0.339 e. The topological polar surface area (TPSA) is 26.3 Å². The Hall–Kier alpha value is -0.730. The van der Waals surface area contributed by atoms with Crippen molar-refractivity contribution in [1.29, 1.82) is 0 Å². The van der Waals surface area contributed by atoms with Crippen molar-refractivity contribution in [3.8, 4) is 0 Å². The number of halogens is 2. The van der Waals surface area contributed by atoms with Gasteiger partial charge in [0.05, 0.1) is 17.7 Å². The highest BCUT2D eigenvalue weighted by Gasteiger charge is 2.15. The number of hydrogen-bond acceptors (Lipinski definition) is 2. The summed E-state index contributed by atoms with van der Waals surface area (Å²) in [7, 11) is 1.30. The number of esters is 1. The van der Waals surface area contributed by atoms with Gasteiger partial charge in [0.2, 0.25) is 0 Å². The van der Waals surface area contributed by atoms with Gasteiger partial charge in [-0.1, -0.05) is 23.2 Å². The van der Waals surface area contributed by atoms with Gasteiger partial charge in [-0.2, -0.15) is 0 Å². The molecule has 0 saturated heterocycles. The maximum Gasteiger partial charge on any atom is 0.339 e. The zero-order valence-corrected chi connectivity index (χ0v) is 8.74. The number of carbonyl (C=O) groups excluding carboxylic acids is 1. The maximum absolute atomic E-state index is 11.2. The fourth-order valence-electron chi connectivity index (χ4n) is 1.01. The summed E-state index contributed by atoms with van der Waals surface area (Å²) < 4.78 is 4.57. The van der Waals surface area contributed by atoms with Gasteiger partial charge in [0, 0.05) is 5.02 Å². The van der Waals surface area contributed by atoms with Crippen molar-refractivity contribution in [1.82, 2.24) is 0 Å². The number of ether oxygens (including phenoxy) is 1. The second kappa shape index (κ2) is 3.99. The van der Waals surface area contributed by atoms with E-state index < -0.39 is 5.97 Å². The van der Waals surface area contributed by atoms with Crippen molar-refractivity contribution in [2.24, 2.45) is 0 Å². The molecule has 0 aliphatic carbocycles. The zero-order chi connectivity index (χ0) is 10.0. The van der Waals surface area contributed by atoms with Gasteiger partial charge in [-0.15, -0.1) is 0 Å². The summed E-state index contributed by atoms with van der Waals surface area (Å²) in [5, 5.41) is 0.860. The molecule has 0 unspecified atom stereocenters. The fraction of sp³-hybridized carbons (Fsp3) is 0.222. The summed E-state index contributed by atoms with van der Waals surface area (Å²) >= 11 is 11.6. The van der Waals surface area contributed by atoms with Crippen LogP contribution < -0.4 is 0 Å². The molecule has 0 saturated carbocycles. The zero-order valence-electron chi connectivity index (χ0n) is 7.23. The summed E-state index contributed by atoms with van der Waals surface area (Å²) in [6.45, 7) is 1.72. The number of carbonyl (C=O) groups is 1. The Kier molecular flexibility index (Phi) is 3.17. The molecule has 0 spiro atoms. The highest BCUT2D eigenvalue weighted by atomic mass is 35.5. The maximum atomic E-state index is 11.2. The van der Waals surface area contributed by atoms with Crippen LogP contribution in [0.4, 0.5) is 0 Å². The second-order valence-corrected chi connectivity index (χ2v) is 3.34. The van der Waals surface area contributed by atoms with Crippen molar-refractivity contribution in [3.05, 3.63) is 33.3 Å². The van der Waals surface area contributed by atoms with Gasteiger partial charge in [-0.05, 0) is 24.6 Å². The van der Waals surface area contributed by atoms with E-state index in [4.69, 9.17) is 23.2 Å². The molecule has 0 radical (unpaired) electrons. The predicted octanol–water partition coefficient (Wildman–Crippen LogP) is 3.09. The average molecular weight is 219 g/mol. The number of benzene rings is 1. The van der Waals surface area contributed by atoms with Crippen LogP contribution in [0.25, 0.3) is 0 Å². The van der Waals surface area contributed by atoms with Gasteiger partial charge in [0.25, 0.3) is 0 Å². The number of hydrogen-bond donors (Lipinski definition) is 0. The second-order valence-electron chi connectivity index (χ2n) is 2.52. The third-order valence-corrected chi connectivity index (χ3v) is 2.46. The third kappa shape index (κ3) is 1.95. The minimum atomic E-state index is -0.468. The lowest BCUT2D eigenvalue weighted by Gasteiger charge is -2.06. The van der Waals surface area contributed by atoms with Gasteiger partial charge < -0.3 is 4.74 Å². The molecule has 1 aromatic carbocycles. The molecule has 0 aliphatic rings. The first-order valence-corrected chi connectivity index (χ1v) is 4.36.